The molecule has 0 saturated heterocycles. The maximum atomic E-state index is 2.31. The van der Waals surface area contributed by atoms with Gasteiger partial charge in [0.2, 0.25) is 0 Å². The highest BCUT2D eigenvalue weighted by Gasteiger charge is 2.15. The van der Waals surface area contributed by atoms with E-state index in [0.717, 1.165) is 12.8 Å². The van der Waals surface area contributed by atoms with Crippen LogP contribution in [0.15, 0.2) is 364 Å². The van der Waals surface area contributed by atoms with Gasteiger partial charge in [0.15, 0.2) is 0 Å². The third-order valence-electron chi connectivity index (χ3n) is 25.7. The lowest BCUT2D eigenvalue weighted by atomic mass is 9.90. The first kappa shape index (κ1) is 82.3. The monoisotopic (exact) mass is 1600 g/mol. The highest BCUT2D eigenvalue weighted by molar-refractivity contribution is 6.14. The molecule has 0 bridgehead atoms. The minimum absolute atomic E-state index is 1.08. The Bertz CT molecular complexity index is 7610. The molecule has 0 radical (unpaired) electrons. The molecule has 0 atom stereocenters. The number of hydrogen-bond donors (Lipinski definition) is 0. The third-order valence-corrected chi connectivity index (χ3v) is 25.7. The fourth-order valence-electron chi connectivity index (χ4n) is 19.3. The molecule has 0 heterocycles. The van der Waals surface area contributed by atoms with Crippen molar-refractivity contribution in [3.05, 3.63) is 464 Å². The Kier molecular flexibility index (Phi) is 23.9. The van der Waals surface area contributed by atoms with E-state index in [-0.39, 0.29) is 0 Å². The molecule has 0 spiro atoms. The van der Waals surface area contributed by atoms with Crippen molar-refractivity contribution in [2.24, 2.45) is 0 Å². The summed E-state index contributed by atoms with van der Waals surface area (Å²) in [6.45, 7) is 30.5. The summed E-state index contributed by atoms with van der Waals surface area (Å²) in [4.78, 5) is 0. The standard InChI is InChI=1S/5C16H14.C15H14.C15H12.C14H12/c1-11-13-7-3-5-9-15(13)12(2)16-10-6-4-8-14(11)16;1-11-7-8-12(2)16-10-14-6-4-3-5-13(14)9-15(11)16;1-11-7-8-15-13(9-11)10-12(2)14-5-3-4-6-16(14)15;2*1-11-7-8-12(2)16-14(11)10-9-13-5-3-4-6-15(13)16;1-10-6-12-4-3-5-13-7-11(2)9-14(8-10)15(12)13;1-11-10-12-6-2-3-8-14(12)15-9-5-4-7-13(11)15;1-10-8-9-12-5-2-4-11-6-3-7-13(10)14(11)12/h5*3-10H,1-2H3;3-4,6-9H,5H2,1-2H3;2-10H,1H3;2-3,5-9H,4H2,1H3. The second-order valence-electron chi connectivity index (χ2n) is 34.4. The molecule has 2 aliphatic carbocycles. The lowest BCUT2D eigenvalue weighted by Gasteiger charge is -2.14. The Hall–Kier alpha value is -14.0. The van der Waals surface area contributed by atoms with Crippen LogP contribution in [0, 0.1) is 96.9 Å². The quantitative estimate of drug-likeness (QED) is 0.105. The van der Waals surface area contributed by atoms with E-state index in [1.165, 1.54) is 251 Å². The van der Waals surface area contributed by atoms with Crippen LogP contribution >= 0.6 is 0 Å². The predicted molar refractivity (Wildman–Crippen MR) is 548 cm³/mol. The zero-order chi connectivity index (χ0) is 85.8. The Morgan fingerprint density at radius 2 is 0.500 bits per heavy atom. The second-order valence-corrected chi connectivity index (χ2v) is 34.4. The van der Waals surface area contributed by atoms with Gasteiger partial charge in [-0.15, -0.1) is 0 Å². The zero-order valence-electron chi connectivity index (χ0n) is 74.2. The number of allylic oxidation sites excluding steroid dienone is 2. The molecular formula is C124H108. The van der Waals surface area contributed by atoms with Crippen LogP contribution in [0.25, 0.3) is 163 Å². The summed E-state index contributed by atoms with van der Waals surface area (Å²) in [7, 11) is 0. The molecule has 0 fully saturated rings. The molecule has 0 N–H and O–H groups in total. The molecule has 0 heteroatoms. The summed E-state index contributed by atoms with van der Waals surface area (Å²) in [6, 6.07) is 127. The van der Waals surface area contributed by atoms with Crippen molar-refractivity contribution in [3.63, 3.8) is 0 Å². The Labute approximate surface area is 731 Å². The zero-order valence-corrected chi connectivity index (χ0v) is 74.2. The van der Waals surface area contributed by atoms with Gasteiger partial charge in [-0.2, -0.15) is 0 Å². The van der Waals surface area contributed by atoms with E-state index >= 15 is 0 Å². The number of hydrogen-bond acceptors (Lipinski definition) is 0. The minimum atomic E-state index is 1.08. The van der Waals surface area contributed by atoms with E-state index < -0.39 is 0 Å². The van der Waals surface area contributed by atoms with Gasteiger partial charge in [-0.05, 0) is 362 Å². The van der Waals surface area contributed by atoms with Crippen LogP contribution in [0.1, 0.15) is 100 Å². The summed E-state index contributed by atoms with van der Waals surface area (Å²) < 4.78 is 0. The molecule has 24 rings (SSSR count). The van der Waals surface area contributed by atoms with Crippen molar-refractivity contribution in [1.82, 2.24) is 0 Å². The molecule has 0 nitrogen and oxygen atoms in total. The van der Waals surface area contributed by atoms with Gasteiger partial charge in [0, 0.05) is 0 Å². The Balaban J connectivity index is 0.000000100. The first-order chi connectivity index (χ1) is 60.3. The van der Waals surface area contributed by atoms with Crippen LogP contribution in [0.3, 0.4) is 0 Å². The highest BCUT2D eigenvalue weighted by Crippen LogP contribution is 2.38. The van der Waals surface area contributed by atoms with Crippen molar-refractivity contribution in [1.29, 1.82) is 0 Å². The van der Waals surface area contributed by atoms with Gasteiger partial charge in [0.25, 0.3) is 0 Å². The van der Waals surface area contributed by atoms with E-state index in [1.54, 1.807) is 0 Å². The predicted octanol–water partition coefficient (Wildman–Crippen LogP) is 35.1. The molecule has 124 heavy (non-hydrogen) atoms. The number of benzene rings is 22. The summed E-state index contributed by atoms with van der Waals surface area (Å²) in [5.74, 6) is 0. The average Bonchev–Trinajstić information content (AvgIpc) is 0.778. The molecular weight excluding hydrogens is 1490 g/mol. The molecule has 0 unspecified atom stereocenters. The van der Waals surface area contributed by atoms with E-state index in [2.05, 4.69) is 473 Å². The summed E-state index contributed by atoms with van der Waals surface area (Å²) in [5, 5.41) is 38.3. The largest absolute Gasteiger partial charge is 0.0795 e. The van der Waals surface area contributed by atoms with Crippen molar-refractivity contribution < 1.29 is 0 Å². The smallest absolute Gasteiger partial charge is 0.00735 e. The summed E-state index contributed by atoms with van der Waals surface area (Å²) >= 11 is 0. The van der Waals surface area contributed by atoms with Gasteiger partial charge in [-0.25, -0.2) is 0 Å². The van der Waals surface area contributed by atoms with Crippen LogP contribution in [-0.4, -0.2) is 0 Å². The fourth-order valence-corrected chi connectivity index (χ4v) is 19.3. The SMILES string of the molecule is Cc1c2ccccc2c(C)c2ccccc12.Cc1cc2c3c(cc(C)cc3c1)CC=C2.Cc1cc2ccccc2c2ccccc12.Cc1ccc(C)c2c1ccc1ccccc12.Cc1ccc(C)c2c1ccc1ccccc12.Cc1ccc(C)c2cc3ccccc3cc12.Cc1ccc2c(c1)cc(C)c1ccccc12.Cc1ccc2c3c(cccc13)CC=C2. The summed E-state index contributed by atoms with van der Waals surface area (Å²) in [5.41, 5.74) is 24.7. The Morgan fingerprint density at radius 3 is 1.00 bits per heavy atom. The fraction of sp³-hybridized carbons (Fsp3) is 0.129. The van der Waals surface area contributed by atoms with Crippen molar-refractivity contribution in [3.8, 4) is 0 Å². The van der Waals surface area contributed by atoms with Gasteiger partial charge in [-0.3, -0.25) is 0 Å². The van der Waals surface area contributed by atoms with Crippen LogP contribution < -0.4 is 0 Å². The second kappa shape index (κ2) is 35.9. The van der Waals surface area contributed by atoms with Crippen LogP contribution in [-0.2, 0) is 12.8 Å². The topological polar surface area (TPSA) is 0 Å². The first-order valence-corrected chi connectivity index (χ1v) is 44.0. The van der Waals surface area contributed by atoms with Crippen LogP contribution in [0.5, 0.6) is 0 Å². The lowest BCUT2D eigenvalue weighted by Crippen LogP contribution is -1.94. The maximum Gasteiger partial charge on any atom is -0.00735 e. The van der Waals surface area contributed by atoms with Gasteiger partial charge >= 0.3 is 0 Å². The molecule has 0 amide bonds. The Morgan fingerprint density at radius 1 is 0.153 bits per heavy atom. The third kappa shape index (κ3) is 16.8. The number of rotatable bonds is 0. The molecule has 0 aliphatic heterocycles. The summed E-state index contributed by atoms with van der Waals surface area (Å²) in [6.07, 6.45) is 11.1. The van der Waals surface area contributed by atoms with E-state index in [1.807, 2.05) is 0 Å². The number of fused-ring (bicyclic) bond motifs is 16. The van der Waals surface area contributed by atoms with Crippen LogP contribution in [0.4, 0.5) is 0 Å². The molecule has 22 aromatic carbocycles. The highest BCUT2D eigenvalue weighted by atomic mass is 14.2. The lowest BCUT2D eigenvalue weighted by molar-refractivity contribution is 1.27. The van der Waals surface area contributed by atoms with E-state index in [0.29, 0.717) is 0 Å². The first-order valence-electron chi connectivity index (χ1n) is 44.0. The van der Waals surface area contributed by atoms with Crippen molar-refractivity contribution >= 4 is 163 Å². The number of aryl methyl sites for hydroxylation is 14. The van der Waals surface area contributed by atoms with E-state index in [9.17, 15) is 0 Å². The normalized spacial score (nSPS) is 11.7. The minimum Gasteiger partial charge on any atom is -0.0795 e. The van der Waals surface area contributed by atoms with Crippen molar-refractivity contribution in [2.75, 3.05) is 0 Å². The maximum absolute atomic E-state index is 2.31. The molecule has 0 aromatic heterocycles. The average molecular weight is 1600 g/mol. The van der Waals surface area contributed by atoms with Gasteiger partial charge in [-0.1, -0.05) is 375 Å². The molecule has 0 saturated carbocycles. The molecule has 604 valence electrons. The van der Waals surface area contributed by atoms with Crippen LogP contribution in [0.2, 0.25) is 0 Å². The van der Waals surface area contributed by atoms with E-state index in [4.69, 9.17) is 0 Å². The van der Waals surface area contributed by atoms with Crippen molar-refractivity contribution in [2.45, 2.75) is 110 Å². The molecule has 22 aromatic rings. The van der Waals surface area contributed by atoms with Gasteiger partial charge in [0.05, 0.1) is 0 Å². The van der Waals surface area contributed by atoms with Gasteiger partial charge < -0.3 is 0 Å². The molecule has 2 aliphatic rings. The van der Waals surface area contributed by atoms with Gasteiger partial charge in [0.1, 0.15) is 0 Å².